The summed E-state index contributed by atoms with van der Waals surface area (Å²) in [4.78, 5) is 12.3. The number of carbonyl (C=O) groups is 1. The Balaban J connectivity index is 2.23. The minimum absolute atomic E-state index is 0.201. The summed E-state index contributed by atoms with van der Waals surface area (Å²) in [6, 6.07) is 11.0. The molecular weight excluding hydrogens is 264 g/mol. The van der Waals surface area contributed by atoms with Gasteiger partial charge in [-0.25, -0.2) is 0 Å². The highest BCUT2D eigenvalue weighted by atomic mass is 16.5. The van der Waals surface area contributed by atoms with Crippen LogP contribution >= 0.6 is 0 Å². The highest BCUT2D eigenvalue weighted by Crippen LogP contribution is 2.21. The third-order valence-electron chi connectivity index (χ3n) is 2.98. The zero-order valence-electron chi connectivity index (χ0n) is 12.6. The maximum atomic E-state index is 12.3. The topological polar surface area (TPSA) is 64.3 Å². The van der Waals surface area contributed by atoms with Crippen molar-refractivity contribution in [2.24, 2.45) is 0 Å². The number of hydrogen-bond acceptors (Lipinski definition) is 3. The van der Waals surface area contributed by atoms with E-state index in [0.29, 0.717) is 23.6 Å². The number of nitrogen functional groups attached to an aromatic ring is 1. The van der Waals surface area contributed by atoms with Crippen molar-refractivity contribution in [1.82, 2.24) is 0 Å². The fourth-order valence-electron chi connectivity index (χ4n) is 2.25. The van der Waals surface area contributed by atoms with Gasteiger partial charge in [-0.15, -0.1) is 0 Å². The summed E-state index contributed by atoms with van der Waals surface area (Å²) in [5.74, 6) is 0.399. The molecule has 0 aliphatic carbocycles. The van der Waals surface area contributed by atoms with Gasteiger partial charge < -0.3 is 15.8 Å². The minimum Gasteiger partial charge on any atom is -0.494 e. The molecule has 2 aromatic carbocycles. The number of aryl methyl sites for hydroxylation is 2. The molecule has 4 heteroatoms. The van der Waals surface area contributed by atoms with Crippen molar-refractivity contribution in [2.45, 2.75) is 20.8 Å². The lowest BCUT2D eigenvalue weighted by Gasteiger charge is -2.10. The number of ether oxygens (including phenoxy) is 1. The lowest BCUT2D eigenvalue weighted by atomic mass is 10.1. The van der Waals surface area contributed by atoms with Gasteiger partial charge in [0.25, 0.3) is 5.91 Å². The first-order chi connectivity index (χ1) is 9.97. The molecule has 0 atom stereocenters. The number of hydrogen-bond donors (Lipinski definition) is 2. The van der Waals surface area contributed by atoms with Gasteiger partial charge in [-0.05, 0) is 56.2 Å². The third-order valence-corrected chi connectivity index (χ3v) is 2.98. The molecule has 0 unspecified atom stereocenters. The largest absolute Gasteiger partial charge is 0.494 e. The Hall–Kier alpha value is -2.49. The number of rotatable bonds is 4. The number of amides is 1. The Kier molecular flexibility index (Phi) is 4.48. The van der Waals surface area contributed by atoms with Crippen molar-refractivity contribution in [3.63, 3.8) is 0 Å². The first-order valence-corrected chi connectivity index (χ1v) is 6.91. The number of benzene rings is 2. The van der Waals surface area contributed by atoms with E-state index in [9.17, 15) is 4.79 Å². The van der Waals surface area contributed by atoms with E-state index in [0.717, 1.165) is 16.8 Å². The fourth-order valence-corrected chi connectivity index (χ4v) is 2.25. The fraction of sp³-hybridized carbons (Fsp3) is 0.235. The van der Waals surface area contributed by atoms with E-state index in [4.69, 9.17) is 10.5 Å². The quantitative estimate of drug-likeness (QED) is 0.844. The van der Waals surface area contributed by atoms with Gasteiger partial charge in [-0.1, -0.05) is 6.07 Å². The van der Waals surface area contributed by atoms with E-state index in [1.807, 2.05) is 32.9 Å². The maximum absolute atomic E-state index is 12.3. The summed E-state index contributed by atoms with van der Waals surface area (Å²) in [5, 5.41) is 2.89. The normalized spacial score (nSPS) is 10.2. The van der Waals surface area contributed by atoms with Gasteiger partial charge in [-0.3, -0.25) is 4.79 Å². The molecular formula is C17H20N2O2. The molecule has 0 aromatic heterocycles. The van der Waals surface area contributed by atoms with Crippen LogP contribution in [0.2, 0.25) is 0 Å². The maximum Gasteiger partial charge on any atom is 0.255 e. The van der Waals surface area contributed by atoms with E-state index in [1.165, 1.54) is 0 Å². The number of nitrogens with two attached hydrogens (primary N) is 1. The predicted molar refractivity (Wildman–Crippen MR) is 85.9 cm³/mol. The molecule has 110 valence electrons. The molecule has 0 saturated carbocycles. The van der Waals surface area contributed by atoms with Crippen molar-refractivity contribution in [2.75, 3.05) is 17.7 Å². The van der Waals surface area contributed by atoms with Gasteiger partial charge in [0.05, 0.1) is 6.61 Å². The lowest BCUT2D eigenvalue weighted by Crippen LogP contribution is -2.13. The molecule has 21 heavy (non-hydrogen) atoms. The van der Waals surface area contributed by atoms with Gasteiger partial charge in [0.15, 0.2) is 0 Å². The molecule has 0 aliphatic rings. The van der Waals surface area contributed by atoms with Crippen LogP contribution in [0.1, 0.15) is 28.4 Å². The third kappa shape index (κ3) is 3.99. The van der Waals surface area contributed by atoms with Crippen LogP contribution in [0.25, 0.3) is 0 Å². The first-order valence-electron chi connectivity index (χ1n) is 6.91. The summed E-state index contributed by atoms with van der Waals surface area (Å²) in [6.07, 6.45) is 0. The molecule has 3 N–H and O–H groups in total. The van der Waals surface area contributed by atoms with Gasteiger partial charge >= 0.3 is 0 Å². The number of carbonyl (C=O) groups excluding carboxylic acids is 1. The van der Waals surface area contributed by atoms with E-state index in [-0.39, 0.29) is 5.91 Å². The molecule has 0 radical (unpaired) electrons. The zero-order valence-corrected chi connectivity index (χ0v) is 12.6. The molecule has 0 fully saturated rings. The van der Waals surface area contributed by atoms with Crippen molar-refractivity contribution < 1.29 is 9.53 Å². The molecule has 2 rings (SSSR count). The summed E-state index contributed by atoms with van der Waals surface area (Å²) >= 11 is 0. The Morgan fingerprint density at radius 3 is 2.38 bits per heavy atom. The Morgan fingerprint density at radius 1 is 1.10 bits per heavy atom. The average molecular weight is 284 g/mol. The minimum atomic E-state index is -0.201. The molecule has 2 aromatic rings. The molecule has 0 saturated heterocycles. The highest BCUT2D eigenvalue weighted by molar-refractivity contribution is 6.05. The molecule has 0 heterocycles. The number of nitrogens with one attached hydrogen (secondary N) is 1. The second-order valence-corrected chi connectivity index (χ2v) is 5.05. The predicted octanol–water partition coefficient (Wildman–Crippen LogP) is 3.54. The Morgan fingerprint density at radius 2 is 1.76 bits per heavy atom. The molecule has 0 spiro atoms. The smallest absolute Gasteiger partial charge is 0.255 e. The van der Waals surface area contributed by atoms with Gasteiger partial charge in [0.2, 0.25) is 0 Å². The van der Waals surface area contributed by atoms with Gasteiger partial charge in [0, 0.05) is 23.0 Å². The zero-order chi connectivity index (χ0) is 15.4. The van der Waals surface area contributed by atoms with E-state index >= 15 is 0 Å². The van der Waals surface area contributed by atoms with Crippen LogP contribution in [-0.4, -0.2) is 12.5 Å². The summed E-state index contributed by atoms with van der Waals surface area (Å²) in [6.45, 7) is 6.41. The molecule has 4 nitrogen and oxygen atoms in total. The standard InChI is InChI=1S/C17H20N2O2/c1-4-21-16-9-13(8-14(18)10-16)17(20)19-15-6-11(2)5-12(3)7-15/h5-10H,4,18H2,1-3H3,(H,19,20). The van der Waals surface area contributed by atoms with Gasteiger partial charge in [-0.2, -0.15) is 0 Å². The Labute approximate surface area is 124 Å². The van der Waals surface area contributed by atoms with Crippen molar-refractivity contribution in [1.29, 1.82) is 0 Å². The van der Waals surface area contributed by atoms with Crippen LogP contribution in [0.3, 0.4) is 0 Å². The van der Waals surface area contributed by atoms with Crippen LogP contribution in [0.15, 0.2) is 36.4 Å². The Bertz CT molecular complexity index is 646. The van der Waals surface area contributed by atoms with Gasteiger partial charge in [0.1, 0.15) is 5.75 Å². The van der Waals surface area contributed by atoms with Crippen molar-refractivity contribution in [3.05, 3.63) is 53.1 Å². The lowest BCUT2D eigenvalue weighted by molar-refractivity contribution is 0.102. The van der Waals surface area contributed by atoms with Crippen LogP contribution < -0.4 is 15.8 Å². The second kappa shape index (κ2) is 6.31. The van der Waals surface area contributed by atoms with E-state index < -0.39 is 0 Å². The van der Waals surface area contributed by atoms with Crippen LogP contribution in [0.5, 0.6) is 5.75 Å². The number of anilines is 2. The van der Waals surface area contributed by atoms with E-state index in [1.54, 1.807) is 18.2 Å². The molecule has 0 bridgehead atoms. The van der Waals surface area contributed by atoms with Crippen LogP contribution in [0.4, 0.5) is 11.4 Å². The summed E-state index contributed by atoms with van der Waals surface area (Å²) < 4.78 is 5.41. The average Bonchev–Trinajstić information content (AvgIpc) is 2.37. The van der Waals surface area contributed by atoms with Crippen molar-refractivity contribution in [3.8, 4) is 5.75 Å². The first kappa shape index (κ1) is 14.9. The summed E-state index contributed by atoms with van der Waals surface area (Å²) in [7, 11) is 0. The van der Waals surface area contributed by atoms with Crippen LogP contribution in [-0.2, 0) is 0 Å². The monoisotopic (exact) mass is 284 g/mol. The SMILES string of the molecule is CCOc1cc(N)cc(C(=O)Nc2cc(C)cc(C)c2)c1. The molecule has 1 amide bonds. The highest BCUT2D eigenvalue weighted by Gasteiger charge is 2.09. The van der Waals surface area contributed by atoms with E-state index in [2.05, 4.69) is 11.4 Å². The van der Waals surface area contributed by atoms with Crippen molar-refractivity contribution >= 4 is 17.3 Å². The second-order valence-electron chi connectivity index (χ2n) is 5.05. The van der Waals surface area contributed by atoms with Crippen LogP contribution in [0, 0.1) is 13.8 Å². The summed E-state index contributed by atoms with van der Waals surface area (Å²) in [5.41, 5.74) is 9.78. The molecule has 0 aliphatic heterocycles.